The van der Waals surface area contributed by atoms with Crippen molar-refractivity contribution in [1.29, 1.82) is 0 Å². The highest BCUT2D eigenvalue weighted by molar-refractivity contribution is 5.99. The summed E-state index contributed by atoms with van der Waals surface area (Å²) < 4.78 is 0. The predicted octanol–water partition coefficient (Wildman–Crippen LogP) is 2.46. The second-order valence-electron chi connectivity index (χ2n) is 5.82. The molecular weight excluding hydrogens is 278 g/mol. The number of fused-ring (bicyclic) bond motifs is 1. The molecule has 2 amide bonds. The van der Waals surface area contributed by atoms with Crippen molar-refractivity contribution >= 4 is 22.7 Å². The minimum Gasteiger partial charge on any atom is -0.352 e. The van der Waals surface area contributed by atoms with Gasteiger partial charge in [0.15, 0.2) is 0 Å². The van der Waals surface area contributed by atoms with Gasteiger partial charge in [0.2, 0.25) is 5.91 Å². The second-order valence-corrected chi connectivity index (χ2v) is 5.82. The molecule has 0 saturated carbocycles. The molecule has 5 heteroatoms. The van der Waals surface area contributed by atoms with E-state index < -0.39 is 0 Å². The van der Waals surface area contributed by atoms with E-state index in [4.69, 9.17) is 0 Å². The predicted molar refractivity (Wildman–Crippen MR) is 87.9 cm³/mol. The monoisotopic (exact) mass is 301 g/mol. The fraction of sp³-hybridized carbons (Fsp3) is 0.412. The summed E-state index contributed by atoms with van der Waals surface area (Å²) >= 11 is 0. The van der Waals surface area contributed by atoms with Crippen molar-refractivity contribution in [2.24, 2.45) is 0 Å². The lowest BCUT2D eigenvalue weighted by Gasteiger charge is -2.20. The molecule has 0 spiro atoms. The lowest BCUT2D eigenvalue weighted by atomic mass is 10.2. The Balaban J connectivity index is 2.17. The SMILES string of the molecule is CCN(CC(=O)NC(C)C)C(=O)c1cc2ccc(C)cc2[nH]1. The van der Waals surface area contributed by atoms with Gasteiger partial charge in [-0.2, -0.15) is 0 Å². The first-order chi connectivity index (χ1) is 10.4. The van der Waals surface area contributed by atoms with Gasteiger partial charge in [-0.25, -0.2) is 0 Å². The van der Waals surface area contributed by atoms with Gasteiger partial charge in [-0.1, -0.05) is 12.1 Å². The van der Waals surface area contributed by atoms with E-state index in [-0.39, 0.29) is 24.4 Å². The molecule has 1 aromatic heterocycles. The number of hydrogen-bond donors (Lipinski definition) is 2. The van der Waals surface area contributed by atoms with E-state index in [0.29, 0.717) is 12.2 Å². The topological polar surface area (TPSA) is 65.2 Å². The standard InChI is InChI=1S/C17H23N3O2/c1-5-20(10-16(21)18-11(2)3)17(22)15-9-13-7-6-12(4)8-14(13)19-15/h6-9,11,19H,5,10H2,1-4H3,(H,18,21). The van der Waals surface area contributed by atoms with Crippen LogP contribution in [0, 0.1) is 6.92 Å². The number of nitrogens with one attached hydrogen (secondary N) is 2. The van der Waals surface area contributed by atoms with Crippen molar-refractivity contribution in [2.45, 2.75) is 33.7 Å². The smallest absolute Gasteiger partial charge is 0.270 e. The molecule has 0 aliphatic heterocycles. The van der Waals surface area contributed by atoms with Gasteiger partial charge in [0.1, 0.15) is 5.69 Å². The van der Waals surface area contributed by atoms with Gasteiger partial charge in [0.05, 0.1) is 6.54 Å². The highest BCUT2D eigenvalue weighted by atomic mass is 16.2. The Hall–Kier alpha value is -2.30. The van der Waals surface area contributed by atoms with Crippen molar-refractivity contribution in [3.05, 3.63) is 35.5 Å². The summed E-state index contributed by atoms with van der Waals surface area (Å²) in [6.45, 7) is 8.23. The third kappa shape index (κ3) is 3.67. The molecule has 1 aromatic carbocycles. The number of carbonyl (C=O) groups is 2. The summed E-state index contributed by atoms with van der Waals surface area (Å²) in [7, 11) is 0. The summed E-state index contributed by atoms with van der Waals surface area (Å²) in [6.07, 6.45) is 0. The largest absolute Gasteiger partial charge is 0.352 e. The van der Waals surface area contributed by atoms with Crippen LogP contribution in [0.3, 0.4) is 0 Å². The molecule has 2 N–H and O–H groups in total. The van der Waals surface area contributed by atoms with E-state index in [2.05, 4.69) is 10.3 Å². The Morgan fingerprint density at radius 1 is 1.27 bits per heavy atom. The van der Waals surface area contributed by atoms with E-state index in [1.54, 1.807) is 0 Å². The van der Waals surface area contributed by atoms with Crippen LogP contribution in [-0.4, -0.2) is 40.8 Å². The molecule has 0 fully saturated rings. The first kappa shape index (κ1) is 16.1. The van der Waals surface area contributed by atoms with Crippen molar-refractivity contribution in [1.82, 2.24) is 15.2 Å². The van der Waals surface area contributed by atoms with Crippen LogP contribution < -0.4 is 5.32 Å². The van der Waals surface area contributed by atoms with Crippen LogP contribution in [0.1, 0.15) is 36.8 Å². The van der Waals surface area contributed by atoms with Gasteiger partial charge in [0.25, 0.3) is 5.91 Å². The van der Waals surface area contributed by atoms with Crippen LogP contribution in [0.2, 0.25) is 0 Å². The molecule has 0 radical (unpaired) electrons. The van der Waals surface area contributed by atoms with Crippen molar-refractivity contribution in [3.63, 3.8) is 0 Å². The Kier molecular flexibility index (Phi) is 4.85. The molecule has 0 saturated heterocycles. The number of aromatic nitrogens is 1. The number of aryl methyl sites for hydroxylation is 1. The van der Waals surface area contributed by atoms with Gasteiger partial charge >= 0.3 is 0 Å². The molecule has 1 heterocycles. The third-order valence-electron chi connectivity index (χ3n) is 3.46. The number of H-pyrrole nitrogens is 1. The van der Waals surface area contributed by atoms with Crippen molar-refractivity contribution in [3.8, 4) is 0 Å². The number of nitrogens with zero attached hydrogens (tertiary/aromatic N) is 1. The molecule has 2 aromatic rings. The molecule has 0 unspecified atom stereocenters. The number of likely N-dealkylation sites (N-methyl/N-ethyl adjacent to an activating group) is 1. The number of carbonyl (C=O) groups excluding carboxylic acids is 2. The minimum atomic E-state index is -0.157. The highest BCUT2D eigenvalue weighted by Gasteiger charge is 2.19. The Bertz CT molecular complexity index is 688. The van der Waals surface area contributed by atoms with E-state index >= 15 is 0 Å². The normalized spacial score (nSPS) is 11.0. The average Bonchev–Trinajstić information content (AvgIpc) is 2.86. The molecule has 0 aliphatic carbocycles. The maximum Gasteiger partial charge on any atom is 0.270 e. The summed E-state index contributed by atoms with van der Waals surface area (Å²) in [4.78, 5) is 29.1. The zero-order chi connectivity index (χ0) is 16.3. The number of benzene rings is 1. The number of hydrogen-bond acceptors (Lipinski definition) is 2. The third-order valence-corrected chi connectivity index (χ3v) is 3.46. The van der Waals surface area contributed by atoms with Crippen LogP contribution >= 0.6 is 0 Å². The van der Waals surface area contributed by atoms with E-state index in [9.17, 15) is 9.59 Å². The summed E-state index contributed by atoms with van der Waals surface area (Å²) in [6, 6.07) is 7.91. The fourth-order valence-corrected chi connectivity index (χ4v) is 2.39. The fourth-order valence-electron chi connectivity index (χ4n) is 2.39. The van der Waals surface area contributed by atoms with Gasteiger partial charge < -0.3 is 15.2 Å². The maximum atomic E-state index is 12.6. The summed E-state index contributed by atoms with van der Waals surface area (Å²) in [5.41, 5.74) is 2.59. The zero-order valence-electron chi connectivity index (χ0n) is 13.6. The Morgan fingerprint density at radius 3 is 2.64 bits per heavy atom. The Labute approximate surface area is 130 Å². The van der Waals surface area contributed by atoms with E-state index in [0.717, 1.165) is 16.5 Å². The second kappa shape index (κ2) is 6.64. The molecule has 22 heavy (non-hydrogen) atoms. The van der Waals surface area contributed by atoms with Gasteiger partial charge in [-0.05, 0) is 45.4 Å². The van der Waals surface area contributed by atoms with E-state index in [1.807, 2.05) is 52.0 Å². The van der Waals surface area contributed by atoms with Crippen LogP contribution in [0.4, 0.5) is 0 Å². The van der Waals surface area contributed by atoms with Crippen LogP contribution in [-0.2, 0) is 4.79 Å². The number of amides is 2. The van der Waals surface area contributed by atoms with Crippen molar-refractivity contribution in [2.75, 3.05) is 13.1 Å². The zero-order valence-corrected chi connectivity index (χ0v) is 13.6. The molecule has 0 bridgehead atoms. The van der Waals surface area contributed by atoms with Crippen LogP contribution in [0.15, 0.2) is 24.3 Å². The quantitative estimate of drug-likeness (QED) is 0.891. The molecule has 0 aliphatic rings. The van der Waals surface area contributed by atoms with Crippen LogP contribution in [0.25, 0.3) is 10.9 Å². The minimum absolute atomic E-state index is 0.0670. The summed E-state index contributed by atoms with van der Waals surface area (Å²) in [5, 5.41) is 3.80. The van der Waals surface area contributed by atoms with Crippen LogP contribution in [0.5, 0.6) is 0 Å². The average molecular weight is 301 g/mol. The Morgan fingerprint density at radius 2 is 2.00 bits per heavy atom. The van der Waals surface area contributed by atoms with E-state index in [1.165, 1.54) is 4.90 Å². The molecule has 118 valence electrons. The highest BCUT2D eigenvalue weighted by Crippen LogP contribution is 2.18. The van der Waals surface area contributed by atoms with Gasteiger partial charge in [0, 0.05) is 23.5 Å². The molecule has 2 rings (SSSR count). The number of aromatic amines is 1. The molecule has 5 nitrogen and oxygen atoms in total. The summed E-state index contributed by atoms with van der Waals surface area (Å²) in [5.74, 6) is -0.299. The molecular formula is C17H23N3O2. The van der Waals surface area contributed by atoms with Gasteiger partial charge in [-0.15, -0.1) is 0 Å². The first-order valence-corrected chi connectivity index (χ1v) is 7.58. The molecule has 0 atom stereocenters. The number of rotatable bonds is 5. The first-order valence-electron chi connectivity index (χ1n) is 7.58. The van der Waals surface area contributed by atoms with Crippen molar-refractivity contribution < 1.29 is 9.59 Å². The maximum absolute atomic E-state index is 12.6. The van der Waals surface area contributed by atoms with Gasteiger partial charge in [-0.3, -0.25) is 9.59 Å². The lowest BCUT2D eigenvalue weighted by molar-refractivity contribution is -0.122. The lowest BCUT2D eigenvalue weighted by Crippen LogP contribution is -2.42.